The summed E-state index contributed by atoms with van der Waals surface area (Å²) in [5.41, 5.74) is 8.58. The summed E-state index contributed by atoms with van der Waals surface area (Å²) in [5, 5.41) is 0.709. The lowest BCUT2D eigenvalue weighted by Crippen LogP contribution is -2.53. The molecule has 2 N–H and O–H groups in total. The molecule has 0 radical (unpaired) electrons. The number of hydrogen-bond donors (Lipinski definition) is 2. The molecule has 2 aromatic rings. The van der Waals surface area contributed by atoms with E-state index in [9.17, 15) is 4.79 Å². The van der Waals surface area contributed by atoms with Gasteiger partial charge in [-0.25, -0.2) is 10.9 Å². The summed E-state index contributed by atoms with van der Waals surface area (Å²) in [6, 6.07) is 11.5. The largest absolute Gasteiger partial charge is 0.493 e. The van der Waals surface area contributed by atoms with E-state index in [0.717, 1.165) is 24.2 Å². The SMILES string of the molecule is COc1ccc(CN2CCN(C(=O)C3CC(c4ccc(Cl)cc4)NN3)CC2)c(OC)c1OC. The number of nitrogens with one attached hydrogen (secondary N) is 2. The lowest BCUT2D eigenvalue weighted by molar-refractivity contribution is -0.135. The Bertz CT molecular complexity index is 964. The minimum Gasteiger partial charge on any atom is -0.493 e. The van der Waals surface area contributed by atoms with Gasteiger partial charge in [-0.15, -0.1) is 0 Å². The number of carbonyl (C=O) groups excluding carboxylic acids is 1. The van der Waals surface area contributed by atoms with Crippen molar-refractivity contribution in [1.29, 1.82) is 0 Å². The van der Waals surface area contributed by atoms with Crippen molar-refractivity contribution in [1.82, 2.24) is 20.7 Å². The number of amides is 1. The minimum absolute atomic E-state index is 0.0926. The number of nitrogens with zero attached hydrogens (tertiary/aromatic N) is 2. The molecule has 2 unspecified atom stereocenters. The zero-order valence-corrected chi connectivity index (χ0v) is 20.0. The Labute approximate surface area is 199 Å². The van der Waals surface area contributed by atoms with Crippen LogP contribution < -0.4 is 25.1 Å². The third kappa shape index (κ3) is 5.19. The Hall–Kier alpha value is -2.52. The molecule has 2 fully saturated rings. The van der Waals surface area contributed by atoms with E-state index < -0.39 is 0 Å². The summed E-state index contributed by atoms with van der Waals surface area (Å²) in [4.78, 5) is 17.4. The van der Waals surface area contributed by atoms with Gasteiger partial charge in [0, 0.05) is 49.4 Å². The lowest BCUT2D eigenvalue weighted by Gasteiger charge is -2.36. The first-order valence-electron chi connectivity index (χ1n) is 11.1. The van der Waals surface area contributed by atoms with Crippen molar-refractivity contribution < 1.29 is 19.0 Å². The van der Waals surface area contributed by atoms with Crippen molar-refractivity contribution in [3.05, 3.63) is 52.5 Å². The van der Waals surface area contributed by atoms with E-state index in [0.29, 0.717) is 48.3 Å². The van der Waals surface area contributed by atoms with Crippen molar-refractivity contribution in [3.63, 3.8) is 0 Å². The molecule has 2 saturated heterocycles. The number of hydrazine groups is 1. The lowest BCUT2D eigenvalue weighted by atomic mass is 10.0. The van der Waals surface area contributed by atoms with Gasteiger partial charge < -0.3 is 19.1 Å². The highest BCUT2D eigenvalue weighted by atomic mass is 35.5. The van der Waals surface area contributed by atoms with Crippen LogP contribution in [0.3, 0.4) is 0 Å². The van der Waals surface area contributed by atoms with E-state index in [1.807, 2.05) is 41.3 Å². The molecule has 1 amide bonds. The second-order valence-corrected chi connectivity index (χ2v) is 8.71. The minimum atomic E-state index is -0.233. The third-order valence-corrected chi connectivity index (χ3v) is 6.59. The number of rotatable bonds is 7. The highest BCUT2D eigenvalue weighted by molar-refractivity contribution is 6.30. The molecule has 2 aliphatic heterocycles. The Morgan fingerprint density at radius 1 is 0.939 bits per heavy atom. The van der Waals surface area contributed by atoms with Crippen LogP contribution in [0.4, 0.5) is 0 Å². The van der Waals surface area contributed by atoms with E-state index in [2.05, 4.69) is 15.8 Å². The zero-order valence-electron chi connectivity index (χ0n) is 19.3. The normalized spacial score (nSPS) is 21.2. The number of benzene rings is 2. The first kappa shape index (κ1) is 23.6. The molecule has 2 heterocycles. The zero-order chi connectivity index (χ0) is 23.4. The smallest absolute Gasteiger partial charge is 0.241 e. The molecular formula is C24H31ClN4O4. The van der Waals surface area contributed by atoms with Gasteiger partial charge in [-0.1, -0.05) is 29.8 Å². The maximum Gasteiger partial charge on any atom is 0.241 e. The average Bonchev–Trinajstić information content (AvgIpc) is 3.34. The Morgan fingerprint density at radius 2 is 1.64 bits per heavy atom. The fourth-order valence-electron chi connectivity index (χ4n) is 4.51. The molecule has 0 spiro atoms. The molecule has 33 heavy (non-hydrogen) atoms. The second kappa shape index (κ2) is 10.6. The van der Waals surface area contributed by atoms with Crippen LogP contribution in [0, 0.1) is 0 Å². The van der Waals surface area contributed by atoms with Crippen LogP contribution in [0.25, 0.3) is 0 Å². The molecule has 0 bridgehead atoms. The summed E-state index contributed by atoms with van der Waals surface area (Å²) in [5.74, 6) is 2.07. The van der Waals surface area contributed by atoms with Crippen molar-refractivity contribution in [3.8, 4) is 17.2 Å². The van der Waals surface area contributed by atoms with Gasteiger partial charge in [0.15, 0.2) is 11.5 Å². The van der Waals surface area contributed by atoms with Crippen LogP contribution in [0.1, 0.15) is 23.6 Å². The summed E-state index contributed by atoms with van der Waals surface area (Å²) >= 11 is 5.99. The summed E-state index contributed by atoms with van der Waals surface area (Å²) in [7, 11) is 4.86. The van der Waals surface area contributed by atoms with E-state index in [1.165, 1.54) is 0 Å². The summed E-state index contributed by atoms with van der Waals surface area (Å²) in [6.45, 7) is 3.69. The molecule has 178 valence electrons. The molecule has 8 nitrogen and oxygen atoms in total. The number of hydrogen-bond acceptors (Lipinski definition) is 7. The molecular weight excluding hydrogens is 444 g/mol. The number of carbonyl (C=O) groups is 1. The molecule has 0 aromatic heterocycles. The maximum absolute atomic E-state index is 13.1. The van der Waals surface area contributed by atoms with Gasteiger partial charge in [0.25, 0.3) is 0 Å². The second-order valence-electron chi connectivity index (χ2n) is 8.28. The number of halogens is 1. The number of ether oxygens (including phenoxy) is 3. The Balaban J connectivity index is 1.32. The van der Waals surface area contributed by atoms with Crippen LogP contribution in [0.5, 0.6) is 17.2 Å². The van der Waals surface area contributed by atoms with Gasteiger partial charge in [-0.3, -0.25) is 9.69 Å². The fraction of sp³-hybridized carbons (Fsp3) is 0.458. The van der Waals surface area contributed by atoms with Crippen molar-refractivity contribution in [2.75, 3.05) is 47.5 Å². The highest BCUT2D eigenvalue weighted by Crippen LogP contribution is 2.40. The van der Waals surface area contributed by atoms with E-state index >= 15 is 0 Å². The van der Waals surface area contributed by atoms with Crippen LogP contribution in [-0.2, 0) is 11.3 Å². The standard InChI is InChI=1S/C24H31ClN4O4/c1-31-21-9-6-17(22(32-2)23(21)33-3)15-28-10-12-29(13-11-28)24(30)20-14-19(26-27-20)16-4-7-18(25)8-5-16/h4-9,19-20,26-27H,10-15H2,1-3H3. The average molecular weight is 475 g/mol. The third-order valence-electron chi connectivity index (χ3n) is 6.34. The van der Waals surface area contributed by atoms with Gasteiger partial charge in [-0.05, 0) is 30.2 Å². The molecule has 4 rings (SSSR count). The first-order chi connectivity index (χ1) is 16.0. The molecule has 0 aliphatic carbocycles. The molecule has 0 saturated carbocycles. The Morgan fingerprint density at radius 3 is 2.27 bits per heavy atom. The van der Waals surface area contributed by atoms with Gasteiger partial charge in [0.2, 0.25) is 11.7 Å². The Kier molecular flexibility index (Phi) is 7.60. The van der Waals surface area contributed by atoms with Gasteiger partial charge in [0.1, 0.15) is 6.04 Å². The number of piperazine rings is 1. The van der Waals surface area contributed by atoms with Gasteiger partial charge in [0.05, 0.1) is 21.3 Å². The quantitative estimate of drug-likeness (QED) is 0.639. The topological polar surface area (TPSA) is 75.3 Å². The van der Waals surface area contributed by atoms with Gasteiger partial charge in [-0.2, -0.15) is 0 Å². The summed E-state index contributed by atoms with van der Waals surface area (Å²) in [6.07, 6.45) is 0.712. The monoisotopic (exact) mass is 474 g/mol. The van der Waals surface area contributed by atoms with Crippen molar-refractivity contribution in [2.45, 2.75) is 25.0 Å². The predicted molar refractivity (Wildman–Crippen MR) is 127 cm³/mol. The highest BCUT2D eigenvalue weighted by Gasteiger charge is 2.34. The van der Waals surface area contributed by atoms with E-state index in [-0.39, 0.29) is 18.0 Å². The van der Waals surface area contributed by atoms with Crippen LogP contribution in [0.15, 0.2) is 36.4 Å². The van der Waals surface area contributed by atoms with Crippen LogP contribution in [0.2, 0.25) is 5.02 Å². The maximum atomic E-state index is 13.1. The number of methoxy groups -OCH3 is 3. The molecule has 2 aliphatic rings. The van der Waals surface area contributed by atoms with E-state index in [1.54, 1.807) is 21.3 Å². The fourth-order valence-corrected chi connectivity index (χ4v) is 4.63. The molecule has 9 heteroatoms. The van der Waals surface area contributed by atoms with Crippen LogP contribution >= 0.6 is 11.6 Å². The van der Waals surface area contributed by atoms with Crippen LogP contribution in [-0.4, -0.2) is 69.3 Å². The van der Waals surface area contributed by atoms with E-state index in [4.69, 9.17) is 25.8 Å². The van der Waals surface area contributed by atoms with Gasteiger partial charge >= 0.3 is 0 Å². The predicted octanol–water partition coefficient (Wildman–Crippen LogP) is 2.62. The molecule has 2 atom stereocenters. The van der Waals surface area contributed by atoms with Crippen molar-refractivity contribution in [2.24, 2.45) is 0 Å². The summed E-state index contributed by atoms with van der Waals surface area (Å²) < 4.78 is 16.5. The molecule has 2 aromatic carbocycles. The first-order valence-corrected chi connectivity index (χ1v) is 11.5. The van der Waals surface area contributed by atoms with Crippen molar-refractivity contribution >= 4 is 17.5 Å².